The molecule has 0 bridgehead atoms. The number of ether oxygens (including phenoxy) is 3. The molecule has 3 rings (SSSR count). The van der Waals surface area contributed by atoms with Crippen LogP contribution in [0.5, 0.6) is 17.2 Å². The van der Waals surface area contributed by atoms with Crippen molar-refractivity contribution in [3.05, 3.63) is 17.7 Å². The number of benzene rings is 1. The second kappa shape index (κ2) is 5.56. The molecule has 0 radical (unpaired) electrons. The van der Waals surface area contributed by atoms with Crippen LogP contribution in [-0.4, -0.2) is 37.7 Å². The number of rotatable bonds is 4. The van der Waals surface area contributed by atoms with Gasteiger partial charge in [0, 0.05) is 19.0 Å². The molecule has 1 fully saturated rings. The maximum Gasteiger partial charge on any atom is 0.170 e. The van der Waals surface area contributed by atoms with E-state index >= 15 is 0 Å². The molecule has 0 aliphatic carbocycles. The number of hydrogen-bond acceptors (Lipinski definition) is 5. The summed E-state index contributed by atoms with van der Waals surface area (Å²) in [5.74, 6) is 1.97. The van der Waals surface area contributed by atoms with Crippen LogP contribution in [0.15, 0.2) is 12.1 Å². The molecule has 114 valence electrons. The van der Waals surface area contributed by atoms with Crippen molar-refractivity contribution in [1.82, 2.24) is 5.32 Å². The van der Waals surface area contributed by atoms with E-state index in [0.717, 1.165) is 19.5 Å². The maximum absolute atomic E-state index is 12.5. The van der Waals surface area contributed by atoms with Crippen LogP contribution in [-0.2, 0) is 0 Å². The first kappa shape index (κ1) is 14.2. The zero-order valence-electron chi connectivity index (χ0n) is 12.5. The Hall–Kier alpha value is -1.75. The van der Waals surface area contributed by atoms with E-state index in [1.54, 1.807) is 12.1 Å². The molecule has 21 heavy (non-hydrogen) atoms. The summed E-state index contributed by atoms with van der Waals surface area (Å²) >= 11 is 0. The Labute approximate surface area is 124 Å². The normalized spacial score (nSPS) is 23.8. The summed E-state index contributed by atoms with van der Waals surface area (Å²) in [7, 11) is 0. The first-order valence-electron chi connectivity index (χ1n) is 7.54. The lowest BCUT2D eigenvalue weighted by molar-refractivity contribution is 0.0525. The zero-order valence-corrected chi connectivity index (χ0v) is 12.5. The van der Waals surface area contributed by atoms with Gasteiger partial charge >= 0.3 is 0 Å². The summed E-state index contributed by atoms with van der Waals surface area (Å²) in [4.78, 5) is 12.5. The number of carbonyl (C=O) groups is 1. The van der Waals surface area contributed by atoms with E-state index in [1.807, 2.05) is 13.8 Å². The number of hydrogen-bond donors (Lipinski definition) is 1. The Morgan fingerprint density at radius 1 is 1.24 bits per heavy atom. The fourth-order valence-electron chi connectivity index (χ4n) is 3.00. The van der Waals surface area contributed by atoms with Crippen molar-refractivity contribution in [3.63, 3.8) is 0 Å². The molecule has 1 atom stereocenters. The monoisotopic (exact) mass is 291 g/mol. The second-order valence-electron chi connectivity index (χ2n) is 5.47. The molecule has 2 heterocycles. The standard InChI is InChI=1S/C16H21NO4/c1-3-19-14-7-11-12(18)9-16(5-6-17-10-16)21-13(11)8-15(14)20-4-2/h7-8,17H,3-6,9-10H2,1-2H3. The first-order valence-corrected chi connectivity index (χ1v) is 7.54. The Kier molecular flexibility index (Phi) is 3.76. The molecular weight excluding hydrogens is 270 g/mol. The highest BCUT2D eigenvalue weighted by molar-refractivity contribution is 6.01. The molecule has 1 saturated heterocycles. The Balaban J connectivity index is 1.99. The minimum absolute atomic E-state index is 0.115. The van der Waals surface area contributed by atoms with Gasteiger partial charge in [0.05, 0.1) is 25.2 Å². The molecule has 1 unspecified atom stereocenters. The van der Waals surface area contributed by atoms with Gasteiger partial charge in [0.1, 0.15) is 11.4 Å². The van der Waals surface area contributed by atoms with E-state index in [2.05, 4.69) is 5.32 Å². The van der Waals surface area contributed by atoms with Gasteiger partial charge in [-0.3, -0.25) is 4.79 Å². The summed E-state index contributed by atoms with van der Waals surface area (Å²) in [6, 6.07) is 3.54. The van der Waals surface area contributed by atoms with Crippen molar-refractivity contribution >= 4 is 5.78 Å². The maximum atomic E-state index is 12.5. The van der Waals surface area contributed by atoms with Gasteiger partial charge in [0.15, 0.2) is 17.3 Å². The van der Waals surface area contributed by atoms with Gasteiger partial charge in [-0.15, -0.1) is 0 Å². The number of fused-ring (bicyclic) bond motifs is 1. The van der Waals surface area contributed by atoms with Crippen LogP contribution in [0.2, 0.25) is 0 Å². The predicted octanol–water partition coefficient (Wildman–Crippen LogP) is 2.18. The molecule has 1 spiro atoms. The van der Waals surface area contributed by atoms with Gasteiger partial charge in [0.2, 0.25) is 0 Å². The molecule has 1 aromatic carbocycles. The largest absolute Gasteiger partial charge is 0.490 e. The van der Waals surface area contributed by atoms with Gasteiger partial charge < -0.3 is 19.5 Å². The molecule has 2 aliphatic heterocycles. The average Bonchev–Trinajstić information content (AvgIpc) is 2.88. The van der Waals surface area contributed by atoms with Crippen LogP contribution < -0.4 is 19.5 Å². The van der Waals surface area contributed by atoms with E-state index in [0.29, 0.717) is 42.4 Å². The molecule has 1 N–H and O–H groups in total. The minimum Gasteiger partial charge on any atom is -0.490 e. The van der Waals surface area contributed by atoms with E-state index in [-0.39, 0.29) is 11.4 Å². The molecular formula is C16H21NO4. The number of ketones is 1. The zero-order chi connectivity index (χ0) is 14.9. The van der Waals surface area contributed by atoms with Gasteiger partial charge in [-0.1, -0.05) is 0 Å². The third-order valence-electron chi connectivity index (χ3n) is 3.96. The summed E-state index contributed by atoms with van der Waals surface area (Å²) in [6.45, 7) is 6.50. The third-order valence-corrected chi connectivity index (χ3v) is 3.96. The number of carbonyl (C=O) groups excluding carboxylic acids is 1. The Morgan fingerprint density at radius 2 is 1.95 bits per heavy atom. The SMILES string of the molecule is CCOc1cc2c(cc1OCC)C(=O)CC1(CCNC1)O2. The average molecular weight is 291 g/mol. The smallest absolute Gasteiger partial charge is 0.170 e. The van der Waals surface area contributed by atoms with Gasteiger partial charge in [-0.05, 0) is 26.5 Å². The van der Waals surface area contributed by atoms with Crippen LogP contribution in [0.3, 0.4) is 0 Å². The second-order valence-corrected chi connectivity index (χ2v) is 5.47. The number of nitrogens with one attached hydrogen (secondary N) is 1. The van der Waals surface area contributed by atoms with Crippen molar-refractivity contribution in [1.29, 1.82) is 0 Å². The van der Waals surface area contributed by atoms with Crippen molar-refractivity contribution in [3.8, 4) is 17.2 Å². The summed E-state index contributed by atoms with van der Waals surface area (Å²) < 4.78 is 17.3. The number of Topliss-reactive ketones (excluding diaryl/α,β-unsaturated/α-hetero) is 1. The topological polar surface area (TPSA) is 56.8 Å². The lowest BCUT2D eigenvalue weighted by Crippen LogP contribution is -2.43. The van der Waals surface area contributed by atoms with Crippen LogP contribution in [0.25, 0.3) is 0 Å². The predicted molar refractivity (Wildman–Crippen MR) is 78.6 cm³/mol. The Morgan fingerprint density at radius 3 is 2.57 bits per heavy atom. The molecule has 1 aromatic rings. The lowest BCUT2D eigenvalue weighted by Gasteiger charge is -2.34. The van der Waals surface area contributed by atoms with Crippen LogP contribution in [0.1, 0.15) is 37.0 Å². The third kappa shape index (κ3) is 2.58. The summed E-state index contributed by atoms with van der Waals surface area (Å²) in [5.41, 5.74) is 0.208. The van der Waals surface area contributed by atoms with Crippen molar-refractivity contribution in [2.45, 2.75) is 32.3 Å². The van der Waals surface area contributed by atoms with E-state index in [1.165, 1.54) is 0 Å². The van der Waals surface area contributed by atoms with Crippen molar-refractivity contribution in [2.24, 2.45) is 0 Å². The van der Waals surface area contributed by atoms with Gasteiger partial charge in [0.25, 0.3) is 0 Å². The highest BCUT2D eigenvalue weighted by Crippen LogP contribution is 2.42. The molecule has 2 aliphatic rings. The van der Waals surface area contributed by atoms with Crippen LogP contribution in [0, 0.1) is 0 Å². The van der Waals surface area contributed by atoms with Crippen LogP contribution in [0.4, 0.5) is 0 Å². The fourth-order valence-corrected chi connectivity index (χ4v) is 3.00. The van der Waals surface area contributed by atoms with Crippen molar-refractivity contribution < 1.29 is 19.0 Å². The summed E-state index contributed by atoms with van der Waals surface area (Å²) in [6.07, 6.45) is 1.28. The highest BCUT2D eigenvalue weighted by Gasteiger charge is 2.43. The van der Waals surface area contributed by atoms with Crippen molar-refractivity contribution in [2.75, 3.05) is 26.3 Å². The Bertz CT molecular complexity index is 549. The highest BCUT2D eigenvalue weighted by atomic mass is 16.5. The molecule has 0 aromatic heterocycles. The lowest BCUT2D eigenvalue weighted by atomic mass is 9.89. The van der Waals surface area contributed by atoms with E-state index in [4.69, 9.17) is 14.2 Å². The van der Waals surface area contributed by atoms with Gasteiger partial charge in [-0.25, -0.2) is 0 Å². The fraction of sp³-hybridized carbons (Fsp3) is 0.562. The van der Waals surface area contributed by atoms with Crippen LogP contribution >= 0.6 is 0 Å². The summed E-state index contributed by atoms with van der Waals surface area (Å²) in [5, 5.41) is 3.27. The molecule has 5 nitrogen and oxygen atoms in total. The van der Waals surface area contributed by atoms with E-state index < -0.39 is 0 Å². The molecule has 0 saturated carbocycles. The molecule has 0 amide bonds. The van der Waals surface area contributed by atoms with Gasteiger partial charge in [-0.2, -0.15) is 0 Å². The quantitative estimate of drug-likeness (QED) is 0.921. The minimum atomic E-state index is -0.388. The van der Waals surface area contributed by atoms with E-state index in [9.17, 15) is 4.79 Å². The first-order chi connectivity index (χ1) is 10.2. The molecule has 5 heteroatoms.